The Labute approximate surface area is 141 Å². The first kappa shape index (κ1) is 16.4. The Morgan fingerprint density at radius 3 is 2.09 bits per heavy atom. The lowest BCUT2D eigenvalue weighted by Crippen LogP contribution is -2.36. The molecule has 0 radical (unpaired) electrons. The Morgan fingerprint density at radius 2 is 1.52 bits per heavy atom. The molecule has 0 bridgehead atoms. The second kappa shape index (κ2) is 4.78. The van der Waals surface area contributed by atoms with Crippen molar-refractivity contribution in [2.75, 3.05) is 0 Å². The highest BCUT2D eigenvalue weighted by Crippen LogP contribution is 2.56. The predicted octanol–water partition coefficient (Wildman–Crippen LogP) is 5.46. The SMILES string of the molecule is CC1=CC(C)=C2CC(C)(C)N=C(C)C=C2[C@]12CC(C)(C)N=C2C. The number of rotatable bonds is 0. The van der Waals surface area contributed by atoms with Crippen molar-refractivity contribution in [1.29, 1.82) is 0 Å². The minimum atomic E-state index is -0.0433. The number of allylic oxidation sites excluding steroid dienone is 5. The summed E-state index contributed by atoms with van der Waals surface area (Å²) in [5.41, 5.74) is 8.10. The maximum Gasteiger partial charge on any atom is 0.0595 e. The fourth-order valence-corrected chi connectivity index (χ4v) is 4.93. The molecule has 2 aliphatic heterocycles. The quantitative estimate of drug-likeness (QED) is 0.567. The van der Waals surface area contributed by atoms with Gasteiger partial charge in [0.2, 0.25) is 0 Å². The topological polar surface area (TPSA) is 24.7 Å². The van der Waals surface area contributed by atoms with Crippen LogP contribution in [0.3, 0.4) is 0 Å². The molecule has 0 fully saturated rings. The van der Waals surface area contributed by atoms with Gasteiger partial charge in [-0.15, -0.1) is 0 Å². The first-order chi connectivity index (χ1) is 10.5. The van der Waals surface area contributed by atoms with Crippen LogP contribution < -0.4 is 0 Å². The van der Waals surface area contributed by atoms with Crippen LogP contribution in [0.25, 0.3) is 0 Å². The summed E-state index contributed by atoms with van der Waals surface area (Å²) in [5, 5.41) is 0. The lowest BCUT2D eigenvalue weighted by molar-refractivity contribution is 0.418. The van der Waals surface area contributed by atoms with Gasteiger partial charge in [0.05, 0.1) is 16.5 Å². The van der Waals surface area contributed by atoms with Crippen molar-refractivity contribution in [3.8, 4) is 0 Å². The lowest BCUT2D eigenvalue weighted by Gasteiger charge is -2.40. The minimum Gasteiger partial charge on any atom is -0.287 e. The molecule has 1 atom stereocenters. The molecule has 2 nitrogen and oxygen atoms in total. The van der Waals surface area contributed by atoms with Crippen molar-refractivity contribution in [2.24, 2.45) is 15.4 Å². The molecule has 0 amide bonds. The zero-order valence-electron chi connectivity index (χ0n) is 16.0. The molecule has 0 unspecified atom stereocenters. The van der Waals surface area contributed by atoms with Gasteiger partial charge in [-0.2, -0.15) is 0 Å². The van der Waals surface area contributed by atoms with Gasteiger partial charge in [-0.25, -0.2) is 0 Å². The summed E-state index contributed by atoms with van der Waals surface area (Å²) in [7, 11) is 0. The van der Waals surface area contributed by atoms with Crippen LogP contribution in [0.15, 0.2) is 44.4 Å². The van der Waals surface area contributed by atoms with E-state index in [-0.39, 0.29) is 16.5 Å². The molecule has 1 aliphatic carbocycles. The maximum absolute atomic E-state index is 5.03. The second-order valence-electron chi connectivity index (χ2n) is 8.88. The minimum absolute atomic E-state index is 0.00322. The fraction of sp³-hybridized carbons (Fsp3) is 0.619. The third kappa shape index (κ3) is 2.47. The molecule has 1 spiro atoms. The van der Waals surface area contributed by atoms with Crippen LogP contribution in [0.1, 0.15) is 68.2 Å². The molecule has 0 saturated carbocycles. The third-order valence-electron chi connectivity index (χ3n) is 5.59. The summed E-state index contributed by atoms with van der Waals surface area (Å²) in [6, 6.07) is 0. The largest absolute Gasteiger partial charge is 0.287 e. The third-order valence-corrected chi connectivity index (χ3v) is 5.59. The molecule has 0 aromatic rings. The molecular weight excluding hydrogens is 280 g/mol. The first-order valence-corrected chi connectivity index (χ1v) is 8.71. The molecule has 23 heavy (non-hydrogen) atoms. The van der Waals surface area contributed by atoms with E-state index in [2.05, 4.69) is 67.5 Å². The number of hydrogen-bond acceptors (Lipinski definition) is 2. The first-order valence-electron chi connectivity index (χ1n) is 8.71. The zero-order valence-corrected chi connectivity index (χ0v) is 16.0. The van der Waals surface area contributed by atoms with Gasteiger partial charge in [-0.05, 0) is 91.0 Å². The van der Waals surface area contributed by atoms with Gasteiger partial charge in [0.25, 0.3) is 0 Å². The highest BCUT2D eigenvalue weighted by molar-refractivity contribution is 6.02. The molecule has 0 N–H and O–H groups in total. The summed E-state index contributed by atoms with van der Waals surface area (Å²) >= 11 is 0. The van der Waals surface area contributed by atoms with Crippen LogP contribution in [-0.2, 0) is 0 Å². The Kier molecular flexibility index (Phi) is 3.41. The van der Waals surface area contributed by atoms with Crippen LogP contribution in [0.5, 0.6) is 0 Å². The van der Waals surface area contributed by atoms with Crippen LogP contribution in [-0.4, -0.2) is 22.5 Å². The van der Waals surface area contributed by atoms with Gasteiger partial charge in [0.15, 0.2) is 0 Å². The van der Waals surface area contributed by atoms with Crippen molar-refractivity contribution in [3.05, 3.63) is 34.4 Å². The maximum atomic E-state index is 5.03. The van der Waals surface area contributed by atoms with Gasteiger partial charge in [-0.1, -0.05) is 11.6 Å². The van der Waals surface area contributed by atoms with E-state index in [1.54, 1.807) is 0 Å². The van der Waals surface area contributed by atoms with Crippen molar-refractivity contribution in [2.45, 2.75) is 79.3 Å². The van der Waals surface area contributed by atoms with Crippen LogP contribution in [0.2, 0.25) is 0 Å². The molecule has 0 saturated heterocycles. The van der Waals surface area contributed by atoms with Crippen molar-refractivity contribution < 1.29 is 0 Å². The number of aliphatic imine (C=N–C) groups is 2. The van der Waals surface area contributed by atoms with Crippen LogP contribution in [0.4, 0.5) is 0 Å². The average molecular weight is 310 g/mol. The summed E-state index contributed by atoms with van der Waals surface area (Å²) in [6.07, 6.45) is 6.79. The van der Waals surface area contributed by atoms with E-state index in [0.717, 1.165) is 18.6 Å². The van der Waals surface area contributed by atoms with Crippen molar-refractivity contribution in [1.82, 2.24) is 0 Å². The molecule has 2 heterocycles. The monoisotopic (exact) mass is 310 g/mol. The summed E-state index contributed by atoms with van der Waals surface area (Å²) < 4.78 is 0. The van der Waals surface area contributed by atoms with Gasteiger partial charge in [-0.3, -0.25) is 9.98 Å². The Balaban J connectivity index is 2.26. The molecule has 3 rings (SSSR count). The second-order valence-corrected chi connectivity index (χ2v) is 8.88. The van der Waals surface area contributed by atoms with Crippen LogP contribution >= 0.6 is 0 Å². The summed E-state index contributed by atoms with van der Waals surface area (Å²) in [4.78, 5) is 9.98. The zero-order chi connectivity index (χ0) is 17.2. The van der Waals surface area contributed by atoms with Gasteiger partial charge in [0.1, 0.15) is 0 Å². The molecular formula is C21H30N2. The van der Waals surface area contributed by atoms with Gasteiger partial charge < -0.3 is 0 Å². The van der Waals surface area contributed by atoms with E-state index in [1.807, 2.05) is 0 Å². The lowest BCUT2D eigenvalue weighted by atomic mass is 9.61. The standard InChI is InChI=1S/C21H30N2/c1-13-9-14(2)21(12-20(7,8)23-16(21)4)18-10-15(3)22-19(5,6)11-17(13)18/h9-10H,11-12H2,1-8H3/t21-/m1/s1. The fourth-order valence-electron chi connectivity index (χ4n) is 4.93. The number of nitrogens with zero attached hydrogens (tertiary/aromatic N) is 2. The molecule has 2 heteroatoms. The van der Waals surface area contributed by atoms with Crippen molar-refractivity contribution in [3.63, 3.8) is 0 Å². The molecule has 124 valence electrons. The van der Waals surface area contributed by atoms with Gasteiger partial charge >= 0.3 is 0 Å². The number of fused-ring (bicyclic) bond motifs is 2. The Hall–Kier alpha value is -1.44. The van der Waals surface area contributed by atoms with Crippen LogP contribution in [0, 0.1) is 5.41 Å². The van der Waals surface area contributed by atoms with E-state index < -0.39 is 0 Å². The smallest absolute Gasteiger partial charge is 0.0595 e. The van der Waals surface area contributed by atoms with E-state index in [1.165, 1.54) is 28.0 Å². The molecule has 0 aromatic carbocycles. The normalized spacial score (nSPS) is 32.0. The van der Waals surface area contributed by atoms with E-state index >= 15 is 0 Å². The molecule has 3 aliphatic rings. The Morgan fingerprint density at radius 1 is 0.870 bits per heavy atom. The molecule has 0 aromatic heterocycles. The predicted molar refractivity (Wildman–Crippen MR) is 101 cm³/mol. The van der Waals surface area contributed by atoms with Gasteiger partial charge in [0, 0.05) is 11.4 Å². The summed E-state index contributed by atoms with van der Waals surface area (Å²) in [6.45, 7) is 17.9. The van der Waals surface area contributed by atoms with E-state index in [9.17, 15) is 0 Å². The van der Waals surface area contributed by atoms with E-state index in [0.29, 0.717) is 0 Å². The highest BCUT2D eigenvalue weighted by Gasteiger charge is 2.51. The number of hydrogen-bond donors (Lipinski definition) is 0. The highest BCUT2D eigenvalue weighted by atomic mass is 14.9. The average Bonchev–Trinajstić information content (AvgIpc) is 2.52. The van der Waals surface area contributed by atoms with E-state index in [4.69, 9.17) is 9.98 Å². The van der Waals surface area contributed by atoms with Crippen molar-refractivity contribution >= 4 is 11.4 Å². The Bertz CT molecular complexity index is 723. The summed E-state index contributed by atoms with van der Waals surface area (Å²) in [5.74, 6) is 0.